The molecule has 1 unspecified atom stereocenters. The standard InChI is InChI=1S/C18H24N4O/c1-19-13-18(23)22-9-2-3-14(6-10-22)11-15-4-8-21-17-5-7-20-12-16(15)17/h4-5,7-8,12,14,19H,2-3,6,9-11,13H2,1H3. The summed E-state index contributed by atoms with van der Waals surface area (Å²) in [6.45, 7) is 2.19. The number of carbonyl (C=O) groups is 1. The van der Waals surface area contributed by atoms with Gasteiger partial charge in [-0.3, -0.25) is 14.8 Å². The molecule has 0 radical (unpaired) electrons. The summed E-state index contributed by atoms with van der Waals surface area (Å²) < 4.78 is 0. The highest BCUT2D eigenvalue weighted by Crippen LogP contribution is 2.25. The van der Waals surface area contributed by atoms with Crippen LogP contribution in [-0.2, 0) is 11.2 Å². The Balaban J connectivity index is 1.67. The van der Waals surface area contributed by atoms with Gasteiger partial charge in [-0.1, -0.05) is 0 Å². The number of amides is 1. The van der Waals surface area contributed by atoms with Gasteiger partial charge in [0.15, 0.2) is 0 Å². The number of likely N-dealkylation sites (N-methyl/N-ethyl adjacent to an activating group) is 1. The molecule has 2 aromatic rings. The van der Waals surface area contributed by atoms with Crippen molar-refractivity contribution in [3.05, 3.63) is 36.3 Å². The van der Waals surface area contributed by atoms with Gasteiger partial charge in [0.2, 0.25) is 5.91 Å². The zero-order valence-corrected chi connectivity index (χ0v) is 13.7. The SMILES string of the molecule is CNCC(=O)N1CCCC(Cc2ccnc3ccncc23)CC1. The first kappa shape index (κ1) is 15.9. The van der Waals surface area contributed by atoms with E-state index in [2.05, 4.69) is 21.4 Å². The molecule has 0 saturated carbocycles. The Bertz CT molecular complexity index is 668. The van der Waals surface area contributed by atoms with E-state index in [1.807, 2.05) is 30.4 Å². The third-order valence-corrected chi connectivity index (χ3v) is 4.67. The van der Waals surface area contributed by atoms with E-state index in [1.54, 1.807) is 6.20 Å². The summed E-state index contributed by atoms with van der Waals surface area (Å²) in [5.74, 6) is 0.833. The second-order valence-corrected chi connectivity index (χ2v) is 6.28. The van der Waals surface area contributed by atoms with Crippen molar-refractivity contribution in [2.45, 2.75) is 25.7 Å². The van der Waals surface area contributed by atoms with Crippen LogP contribution in [0.25, 0.3) is 10.9 Å². The summed E-state index contributed by atoms with van der Waals surface area (Å²) in [5.41, 5.74) is 2.33. The van der Waals surface area contributed by atoms with Crippen LogP contribution in [0.1, 0.15) is 24.8 Å². The van der Waals surface area contributed by atoms with E-state index < -0.39 is 0 Å². The van der Waals surface area contributed by atoms with Gasteiger partial charge in [0.25, 0.3) is 0 Å². The first-order valence-electron chi connectivity index (χ1n) is 8.38. The van der Waals surface area contributed by atoms with Crippen molar-refractivity contribution in [3.63, 3.8) is 0 Å². The Morgan fingerprint density at radius 1 is 1.30 bits per heavy atom. The summed E-state index contributed by atoms with van der Waals surface area (Å²) in [6.07, 6.45) is 9.96. The minimum Gasteiger partial charge on any atom is -0.342 e. The van der Waals surface area contributed by atoms with Crippen molar-refractivity contribution in [2.75, 3.05) is 26.7 Å². The number of hydrogen-bond acceptors (Lipinski definition) is 4. The number of carbonyl (C=O) groups excluding carboxylic acids is 1. The van der Waals surface area contributed by atoms with Crippen LogP contribution in [0.3, 0.4) is 0 Å². The Labute approximate surface area is 137 Å². The lowest BCUT2D eigenvalue weighted by atomic mass is 9.92. The second-order valence-electron chi connectivity index (χ2n) is 6.28. The fourth-order valence-electron chi connectivity index (χ4n) is 3.42. The van der Waals surface area contributed by atoms with Crippen LogP contribution in [0.5, 0.6) is 0 Å². The number of pyridine rings is 2. The van der Waals surface area contributed by atoms with E-state index in [-0.39, 0.29) is 5.91 Å². The molecule has 0 aromatic carbocycles. The Kier molecular flexibility index (Phi) is 5.18. The van der Waals surface area contributed by atoms with Crippen molar-refractivity contribution in [1.29, 1.82) is 0 Å². The first-order valence-corrected chi connectivity index (χ1v) is 8.38. The summed E-state index contributed by atoms with van der Waals surface area (Å²) in [5, 5.41) is 4.11. The molecule has 122 valence electrons. The zero-order valence-electron chi connectivity index (χ0n) is 13.7. The number of fused-ring (bicyclic) bond motifs is 1. The average Bonchev–Trinajstić information content (AvgIpc) is 2.81. The molecule has 3 heterocycles. The van der Waals surface area contributed by atoms with Gasteiger partial charge in [-0.2, -0.15) is 0 Å². The molecule has 1 N–H and O–H groups in total. The summed E-state index contributed by atoms with van der Waals surface area (Å²) in [7, 11) is 1.82. The van der Waals surface area contributed by atoms with Crippen molar-refractivity contribution >= 4 is 16.8 Å². The zero-order chi connectivity index (χ0) is 16.1. The Morgan fingerprint density at radius 3 is 3.09 bits per heavy atom. The highest BCUT2D eigenvalue weighted by molar-refractivity contribution is 5.80. The quantitative estimate of drug-likeness (QED) is 0.938. The van der Waals surface area contributed by atoms with Crippen LogP contribution in [0.15, 0.2) is 30.7 Å². The number of likely N-dealkylation sites (tertiary alicyclic amines) is 1. The third kappa shape index (κ3) is 3.85. The third-order valence-electron chi connectivity index (χ3n) is 4.67. The second kappa shape index (κ2) is 7.51. The van der Waals surface area contributed by atoms with Crippen LogP contribution < -0.4 is 5.32 Å². The monoisotopic (exact) mass is 312 g/mol. The van der Waals surface area contributed by atoms with Gasteiger partial charge >= 0.3 is 0 Å². The van der Waals surface area contributed by atoms with E-state index >= 15 is 0 Å². The van der Waals surface area contributed by atoms with Crippen LogP contribution >= 0.6 is 0 Å². The van der Waals surface area contributed by atoms with Crippen LogP contribution in [-0.4, -0.2) is 47.5 Å². The number of rotatable bonds is 4. The molecule has 1 amide bonds. The largest absolute Gasteiger partial charge is 0.342 e. The van der Waals surface area contributed by atoms with E-state index in [0.717, 1.165) is 43.3 Å². The number of hydrogen-bond donors (Lipinski definition) is 1. The number of nitrogens with one attached hydrogen (secondary N) is 1. The van der Waals surface area contributed by atoms with Crippen molar-refractivity contribution < 1.29 is 4.79 Å². The maximum atomic E-state index is 12.0. The fourth-order valence-corrected chi connectivity index (χ4v) is 3.42. The highest BCUT2D eigenvalue weighted by atomic mass is 16.2. The normalized spacial score (nSPS) is 18.8. The molecule has 1 atom stereocenters. The summed E-state index contributed by atoms with van der Waals surface area (Å²) in [4.78, 5) is 22.7. The molecular weight excluding hydrogens is 288 g/mol. The van der Waals surface area contributed by atoms with Gasteiger partial charge in [0, 0.05) is 37.1 Å². The molecule has 1 aliphatic heterocycles. The Hall–Kier alpha value is -2.01. The molecule has 5 heteroatoms. The molecule has 23 heavy (non-hydrogen) atoms. The van der Waals surface area contributed by atoms with E-state index in [1.165, 1.54) is 12.0 Å². The smallest absolute Gasteiger partial charge is 0.236 e. The average molecular weight is 312 g/mol. The molecule has 1 aliphatic rings. The molecule has 2 aromatic heterocycles. The van der Waals surface area contributed by atoms with Crippen molar-refractivity contribution in [3.8, 4) is 0 Å². The summed E-state index contributed by atoms with van der Waals surface area (Å²) >= 11 is 0. The number of nitrogens with zero attached hydrogens (tertiary/aromatic N) is 3. The molecule has 0 aliphatic carbocycles. The lowest BCUT2D eigenvalue weighted by Gasteiger charge is -2.20. The van der Waals surface area contributed by atoms with E-state index in [9.17, 15) is 4.79 Å². The topological polar surface area (TPSA) is 58.1 Å². The van der Waals surface area contributed by atoms with Gasteiger partial charge in [0.05, 0.1) is 12.1 Å². The van der Waals surface area contributed by atoms with Crippen molar-refractivity contribution in [1.82, 2.24) is 20.2 Å². The van der Waals surface area contributed by atoms with Gasteiger partial charge in [0.1, 0.15) is 0 Å². The van der Waals surface area contributed by atoms with Crippen LogP contribution in [0.2, 0.25) is 0 Å². The maximum Gasteiger partial charge on any atom is 0.236 e. The minimum absolute atomic E-state index is 0.215. The van der Waals surface area contributed by atoms with Gasteiger partial charge in [-0.05, 0) is 56.3 Å². The predicted octanol–water partition coefficient (Wildman–Crippen LogP) is 2.02. The lowest BCUT2D eigenvalue weighted by molar-refractivity contribution is -0.130. The van der Waals surface area contributed by atoms with E-state index in [0.29, 0.717) is 12.5 Å². The van der Waals surface area contributed by atoms with E-state index in [4.69, 9.17) is 0 Å². The van der Waals surface area contributed by atoms with Gasteiger partial charge in [-0.15, -0.1) is 0 Å². The molecule has 5 nitrogen and oxygen atoms in total. The number of aromatic nitrogens is 2. The molecule has 0 spiro atoms. The molecule has 0 bridgehead atoms. The van der Waals surface area contributed by atoms with Crippen LogP contribution in [0, 0.1) is 5.92 Å². The predicted molar refractivity (Wildman–Crippen MR) is 91.1 cm³/mol. The van der Waals surface area contributed by atoms with Gasteiger partial charge in [-0.25, -0.2) is 0 Å². The first-order chi connectivity index (χ1) is 11.3. The van der Waals surface area contributed by atoms with Crippen molar-refractivity contribution in [2.24, 2.45) is 5.92 Å². The maximum absolute atomic E-state index is 12.0. The van der Waals surface area contributed by atoms with Crippen LogP contribution in [0.4, 0.5) is 0 Å². The molecular formula is C18H24N4O. The highest BCUT2D eigenvalue weighted by Gasteiger charge is 2.20. The molecule has 3 rings (SSSR count). The molecule has 1 fully saturated rings. The van der Waals surface area contributed by atoms with Gasteiger partial charge < -0.3 is 10.2 Å². The summed E-state index contributed by atoms with van der Waals surface area (Å²) in [6, 6.07) is 4.07. The fraction of sp³-hybridized carbons (Fsp3) is 0.500. The molecule has 1 saturated heterocycles. The lowest BCUT2D eigenvalue weighted by Crippen LogP contribution is -2.37. The Morgan fingerprint density at radius 2 is 2.22 bits per heavy atom. The minimum atomic E-state index is 0.215.